The Hall–Kier alpha value is -13.3. The number of hydrogen-bond donors (Lipinski definition) is 0. The first-order chi connectivity index (χ1) is 55.3. The van der Waals surface area contributed by atoms with Gasteiger partial charge in [0, 0.05) is 81.1 Å². The van der Waals surface area contributed by atoms with E-state index in [9.17, 15) is 0 Å². The van der Waals surface area contributed by atoms with Crippen LogP contribution in [-0.2, 0) is 12.8 Å². The normalized spacial score (nSPS) is 12.0. The molecule has 17 aromatic carbocycles. The molecule has 2 aliphatic rings. The zero-order valence-electron chi connectivity index (χ0n) is 60.1. The summed E-state index contributed by atoms with van der Waals surface area (Å²) in [6, 6.07) is 122. The molecule has 112 heavy (non-hydrogen) atoms. The molecule has 0 unspecified atom stereocenters. The number of hydrogen-bond acceptors (Lipinski definition) is 6. The van der Waals surface area contributed by atoms with Gasteiger partial charge in [-0.05, 0) is 158 Å². The van der Waals surface area contributed by atoms with Crippen molar-refractivity contribution in [1.29, 1.82) is 0 Å². The van der Waals surface area contributed by atoms with Crippen LogP contribution in [0.4, 0.5) is 0 Å². The Labute approximate surface area is 662 Å². The van der Waals surface area contributed by atoms with Crippen molar-refractivity contribution in [3.63, 3.8) is 0 Å². The first kappa shape index (κ1) is 66.8. The number of nitrogens with zero attached hydrogens (tertiary/aromatic N) is 5. The van der Waals surface area contributed by atoms with E-state index in [-0.39, 0.29) is 0 Å². The van der Waals surface area contributed by atoms with E-state index >= 15 is 0 Å². The van der Waals surface area contributed by atoms with Gasteiger partial charge in [-0.3, -0.25) is 0 Å². The molecule has 0 aliphatic heterocycles. The molecule has 0 saturated carbocycles. The molecular weight excluding hydrogens is 1480 g/mol. The Morgan fingerprint density at radius 1 is 0.277 bits per heavy atom. The van der Waals surface area contributed by atoms with Crippen LogP contribution in [0, 0.1) is 0 Å². The Balaban J connectivity index is 0.000000103. The van der Waals surface area contributed by atoms with Gasteiger partial charge in [0.15, 0.2) is 0 Å². The number of aromatic nitrogens is 5. The van der Waals surface area contributed by atoms with Gasteiger partial charge >= 0.3 is 0 Å². The number of fused-ring (bicyclic) bond motifs is 21. The maximum Gasteiger partial charge on any atom is 0.136 e. The van der Waals surface area contributed by atoms with Crippen LogP contribution < -0.4 is 0 Å². The molecule has 7 nitrogen and oxygen atoms in total. The highest BCUT2D eigenvalue weighted by molar-refractivity contribution is 9.10. The molecule has 0 saturated heterocycles. The Bertz CT molecular complexity index is 7570. The molecule has 0 radical (unpaired) electrons. The van der Waals surface area contributed by atoms with Crippen molar-refractivity contribution in [3.8, 4) is 73.0 Å². The van der Waals surface area contributed by atoms with Crippen LogP contribution in [0.15, 0.2) is 365 Å². The predicted molar refractivity (Wildman–Crippen MR) is 469 cm³/mol. The van der Waals surface area contributed by atoms with Crippen molar-refractivity contribution in [2.45, 2.75) is 12.8 Å². The third kappa shape index (κ3) is 11.5. The lowest BCUT2D eigenvalue weighted by Gasteiger charge is -2.13. The average Bonchev–Trinajstić information content (AvgIpc) is 1.56. The van der Waals surface area contributed by atoms with Crippen LogP contribution in [0.25, 0.3) is 193 Å². The summed E-state index contributed by atoms with van der Waals surface area (Å²) < 4.78 is 15.7. The summed E-state index contributed by atoms with van der Waals surface area (Å²) in [5.74, 6) is 0. The van der Waals surface area contributed by atoms with Gasteiger partial charge in [-0.1, -0.05) is 306 Å². The SMILES string of the molecule is Brc1ccc(-c2nc3ccccc3nc2-c2cccc3oc4ccccc4c23)cc1.Clc1c2c(cc3ccccc13)Cc1ccccc1-2.Clc1c2ccccc2cc2c1c1ccccc1n2-c1ccc(-c2nc3ccccc3nc2-c2cccc3oc4ccccc4c23)cc1.c1ccc2c(c1)Cc1ccc3ccccc3c1-2. The number of benzene rings is 17. The van der Waals surface area contributed by atoms with Crippen molar-refractivity contribution >= 4 is 159 Å². The van der Waals surface area contributed by atoms with Crippen molar-refractivity contribution in [3.05, 3.63) is 389 Å². The minimum Gasteiger partial charge on any atom is -0.456 e. The smallest absolute Gasteiger partial charge is 0.136 e. The predicted octanol–water partition coefficient (Wildman–Crippen LogP) is 28.9. The molecule has 0 fully saturated rings. The topological polar surface area (TPSA) is 82.8 Å². The van der Waals surface area contributed by atoms with Crippen LogP contribution in [0.5, 0.6) is 0 Å². The second-order valence-corrected chi connectivity index (χ2v) is 30.2. The highest BCUT2D eigenvalue weighted by atomic mass is 79.9. The lowest BCUT2D eigenvalue weighted by Crippen LogP contribution is -1.97. The van der Waals surface area contributed by atoms with Crippen molar-refractivity contribution in [2.24, 2.45) is 0 Å². The zero-order chi connectivity index (χ0) is 74.5. The van der Waals surface area contributed by atoms with Gasteiger partial charge in [-0.2, -0.15) is 0 Å². The van der Waals surface area contributed by atoms with Gasteiger partial charge in [-0.15, -0.1) is 0 Å². The van der Waals surface area contributed by atoms with Crippen molar-refractivity contribution in [2.75, 3.05) is 0 Å². The lowest BCUT2D eigenvalue weighted by atomic mass is 9.98. The van der Waals surface area contributed by atoms with E-state index in [1.54, 1.807) is 0 Å². The maximum atomic E-state index is 7.12. The monoisotopic (exact) mass is 1540 g/mol. The number of para-hydroxylation sites is 7. The van der Waals surface area contributed by atoms with Crippen LogP contribution in [-0.4, -0.2) is 24.5 Å². The van der Waals surface area contributed by atoms with Gasteiger partial charge in [0.1, 0.15) is 22.3 Å². The summed E-state index contributed by atoms with van der Waals surface area (Å²) in [6.07, 6.45) is 2.08. The van der Waals surface area contributed by atoms with E-state index in [0.29, 0.717) is 0 Å². The number of rotatable bonds is 5. The van der Waals surface area contributed by atoms with E-state index in [4.69, 9.17) is 52.0 Å². The summed E-state index contributed by atoms with van der Waals surface area (Å²) in [5, 5.41) is 15.4. The van der Waals surface area contributed by atoms with Crippen LogP contribution in [0.1, 0.15) is 22.3 Å². The van der Waals surface area contributed by atoms with Crippen LogP contribution in [0.3, 0.4) is 0 Å². The van der Waals surface area contributed by atoms with Crippen molar-refractivity contribution < 1.29 is 8.83 Å². The first-order valence-electron chi connectivity index (χ1n) is 37.5. The summed E-state index contributed by atoms with van der Waals surface area (Å²) in [6.45, 7) is 0. The fourth-order valence-corrected chi connectivity index (χ4v) is 18.0. The highest BCUT2D eigenvalue weighted by Gasteiger charge is 2.26. The molecule has 0 bridgehead atoms. The van der Waals surface area contributed by atoms with Crippen LogP contribution >= 0.6 is 39.1 Å². The molecule has 0 amide bonds. The lowest BCUT2D eigenvalue weighted by molar-refractivity contribution is 0.668. The molecule has 0 N–H and O–H groups in total. The summed E-state index contributed by atoms with van der Waals surface area (Å²) >= 11 is 17.3. The van der Waals surface area contributed by atoms with E-state index < -0.39 is 0 Å². The Morgan fingerprint density at radius 3 is 1.28 bits per heavy atom. The third-order valence-electron chi connectivity index (χ3n) is 22.0. The fourth-order valence-electron chi connectivity index (χ4n) is 16.9. The second-order valence-electron chi connectivity index (χ2n) is 28.5. The van der Waals surface area contributed by atoms with Gasteiger partial charge in [0.25, 0.3) is 0 Å². The molecular formula is C102H62BrCl2N5O2. The molecule has 2 aliphatic carbocycles. The minimum absolute atomic E-state index is 0.779. The molecule has 0 spiro atoms. The highest BCUT2D eigenvalue weighted by Crippen LogP contribution is 2.48. The summed E-state index contributed by atoms with van der Waals surface area (Å²) in [7, 11) is 0. The van der Waals surface area contributed by atoms with Gasteiger partial charge in [0.05, 0.1) is 65.9 Å². The molecule has 10 heteroatoms. The zero-order valence-corrected chi connectivity index (χ0v) is 63.2. The third-order valence-corrected chi connectivity index (χ3v) is 23.3. The summed E-state index contributed by atoms with van der Waals surface area (Å²) in [5.41, 5.74) is 28.5. The quantitative estimate of drug-likeness (QED) is 0.171. The molecule has 5 heterocycles. The Morgan fingerprint density at radius 2 is 0.696 bits per heavy atom. The summed E-state index contributed by atoms with van der Waals surface area (Å²) in [4.78, 5) is 20.5. The van der Waals surface area contributed by atoms with Gasteiger partial charge < -0.3 is 13.4 Å². The second kappa shape index (κ2) is 27.6. The average molecular weight is 1540 g/mol. The fraction of sp³-hybridized carbons (Fsp3) is 0.0196. The standard InChI is InChI=1S/C42H24ClN3O.C26H15BrN2O.C17H11Cl.C17H12/c43-40-28-11-2-1-10-26(28)24-35-39(40)29-12-3-7-17-34(29)46(35)27-22-20-25(21-23-27)41-42(45-33-16-6-5-15-32(33)44-41)31-14-9-19-37-38(31)30-13-4-8-18-36(30)47-37;27-17-14-12-16(13-15-17)25-26(29-21-9-3-2-8-20(21)28-25)19-7-5-11-23-24(19)18-6-1-4-10-22(18)30-23;18-17-15-8-4-2-6-12(15)10-13-9-11-5-1-3-7-14(11)16(13)17;1-3-7-15-12(5-1)9-10-14-11-13-6-2-4-8-16(13)17(14)15/h1-24H;1-15H;1-8,10H,9H2;1-10H,11H2. The molecule has 528 valence electrons. The minimum atomic E-state index is 0.779. The van der Waals surface area contributed by atoms with Gasteiger partial charge in [0.2, 0.25) is 0 Å². The van der Waals surface area contributed by atoms with Crippen molar-refractivity contribution in [1.82, 2.24) is 24.5 Å². The Kier molecular flexibility index (Phi) is 16.5. The number of furan rings is 2. The van der Waals surface area contributed by atoms with E-state index in [2.05, 4.69) is 239 Å². The maximum absolute atomic E-state index is 7.12. The van der Waals surface area contributed by atoms with E-state index in [1.165, 1.54) is 60.7 Å². The van der Waals surface area contributed by atoms with Crippen LogP contribution in [0.2, 0.25) is 10.0 Å². The largest absolute Gasteiger partial charge is 0.456 e. The van der Waals surface area contributed by atoms with Gasteiger partial charge in [-0.25, -0.2) is 19.9 Å². The molecule has 22 aromatic rings. The molecule has 5 aromatic heterocycles. The van der Waals surface area contributed by atoms with E-state index in [0.717, 1.165) is 182 Å². The molecule has 0 atom stereocenters. The van der Waals surface area contributed by atoms with E-state index in [1.807, 2.05) is 133 Å². The first-order valence-corrected chi connectivity index (χ1v) is 39.0. The molecule has 24 rings (SSSR count). The number of halogens is 3.